The van der Waals surface area contributed by atoms with Crippen LogP contribution in [0.2, 0.25) is 0 Å². The van der Waals surface area contributed by atoms with Crippen molar-refractivity contribution in [2.24, 2.45) is 0 Å². The first-order valence-electron chi connectivity index (χ1n) is 5.88. The smallest absolute Gasteiger partial charge is 0.209 e. The molecule has 0 aromatic heterocycles. The first-order chi connectivity index (χ1) is 7.67. The fourth-order valence-corrected chi connectivity index (χ4v) is 1.74. The van der Waals surface area contributed by atoms with E-state index in [0.717, 1.165) is 32.2 Å². The Kier molecular flexibility index (Phi) is 5.03. The van der Waals surface area contributed by atoms with Gasteiger partial charge in [0.15, 0.2) is 0 Å². The second-order valence-electron chi connectivity index (χ2n) is 4.31. The molecule has 0 heterocycles. The van der Waals surface area contributed by atoms with Crippen molar-refractivity contribution in [3.63, 3.8) is 0 Å². The standard InChI is InChI=1S/C14H21NO/c1-4-13-6-5-12(2)14(8-7-13)9-10-15(3)11-16/h6-8,11H,4-5,9-10H2,1-3H3. The number of hydrogen-bond acceptors (Lipinski definition) is 1. The third-order valence-corrected chi connectivity index (χ3v) is 3.04. The normalized spacial score (nSPS) is 15.8. The number of rotatable bonds is 5. The highest BCUT2D eigenvalue weighted by Gasteiger charge is 2.04. The molecule has 0 spiro atoms. The molecule has 0 aliphatic heterocycles. The van der Waals surface area contributed by atoms with E-state index in [9.17, 15) is 4.79 Å². The van der Waals surface area contributed by atoms with Crippen LogP contribution in [0.5, 0.6) is 0 Å². The third kappa shape index (κ3) is 3.69. The van der Waals surface area contributed by atoms with Crippen LogP contribution in [0, 0.1) is 0 Å². The van der Waals surface area contributed by atoms with Gasteiger partial charge in [-0.3, -0.25) is 4.79 Å². The van der Waals surface area contributed by atoms with Crippen LogP contribution in [0.25, 0.3) is 0 Å². The molecule has 0 saturated heterocycles. The van der Waals surface area contributed by atoms with Gasteiger partial charge in [0, 0.05) is 13.6 Å². The fourth-order valence-electron chi connectivity index (χ4n) is 1.74. The topological polar surface area (TPSA) is 20.3 Å². The van der Waals surface area contributed by atoms with Crippen molar-refractivity contribution in [1.82, 2.24) is 4.90 Å². The summed E-state index contributed by atoms with van der Waals surface area (Å²) in [4.78, 5) is 12.2. The second kappa shape index (κ2) is 6.31. The van der Waals surface area contributed by atoms with Crippen LogP contribution in [-0.2, 0) is 4.79 Å². The van der Waals surface area contributed by atoms with E-state index in [1.54, 1.807) is 4.90 Å². The number of carbonyl (C=O) groups excluding carboxylic acids is 1. The molecule has 0 bridgehead atoms. The van der Waals surface area contributed by atoms with Crippen molar-refractivity contribution in [2.45, 2.75) is 33.1 Å². The molecule has 1 amide bonds. The maximum absolute atomic E-state index is 10.5. The van der Waals surface area contributed by atoms with Crippen LogP contribution in [0.3, 0.4) is 0 Å². The quantitative estimate of drug-likeness (QED) is 0.651. The molecule has 1 aliphatic carbocycles. The Bertz CT molecular complexity index is 337. The monoisotopic (exact) mass is 219 g/mol. The van der Waals surface area contributed by atoms with Crippen LogP contribution in [-0.4, -0.2) is 24.9 Å². The van der Waals surface area contributed by atoms with Gasteiger partial charge >= 0.3 is 0 Å². The van der Waals surface area contributed by atoms with Crippen LogP contribution >= 0.6 is 0 Å². The molecule has 0 fully saturated rings. The maximum Gasteiger partial charge on any atom is 0.209 e. The highest BCUT2D eigenvalue weighted by molar-refractivity contribution is 5.46. The molecule has 0 aromatic carbocycles. The number of carbonyl (C=O) groups is 1. The summed E-state index contributed by atoms with van der Waals surface area (Å²) in [6, 6.07) is 0. The van der Waals surface area contributed by atoms with E-state index in [1.807, 2.05) is 7.05 Å². The zero-order valence-corrected chi connectivity index (χ0v) is 10.5. The first-order valence-corrected chi connectivity index (χ1v) is 5.88. The van der Waals surface area contributed by atoms with Gasteiger partial charge in [-0.1, -0.05) is 36.3 Å². The van der Waals surface area contributed by atoms with Crippen molar-refractivity contribution >= 4 is 6.41 Å². The van der Waals surface area contributed by atoms with E-state index < -0.39 is 0 Å². The summed E-state index contributed by atoms with van der Waals surface area (Å²) in [6.07, 6.45) is 10.7. The first kappa shape index (κ1) is 12.8. The van der Waals surface area contributed by atoms with Gasteiger partial charge in [-0.2, -0.15) is 0 Å². The minimum absolute atomic E-state index is 0.794. The van der Waals surface area contributed by atoms with Gasteiger partial charge in [-0.25, -0.2) is 0 Å². The van der Waals surface area contributed by atoms with Gasteiger partial charge < -0.3 is 4.90 Å². The maximum atomic E-state index is 10.5. The summed E-state index contributed by atoms with van der Waals surface area (Å²) in [6.45, 7) is 5.15. The van der Waals surface area contributed by atoms with E-state index >= 15 is 0 Å². The molecule has 0 saturated carbocycles. The average molecular weight is 219 g/mol. The summed E-state index contributed by atoms with van der Waals surface area (Å²) in [5, 5.41) is 0. The minimum Gasteiger partial charge on any atom is -0.348 e. The van der Waals surface area contributed by atoms with Crippen molar-refractivity contribution in [3.05, 3.63) is 34.9 Å². The zero-order valence-electron chi connectivity index (χ0n) is 10.5. The molecule has 0 N–H and O–H groups in total. The highest BCUT2D eigenvalue weighted by atomic mass is 16.1. The van der Waals surface area contributed by atoms with E-state index in [-0.39, 0.29) is 0 Å². The Balaban J connectivity index is 2.63. The van der Waals surface area contributed by atoms with Crippen LogP contribution in [0.4, 0.5) is 0 Å². The van der Waals surface area contributed by atoms with E-state index in [2.05, 4.69) is 32.1 Å². The van der Waals surface area contributed by atoms with Crippen molar-refractivity contribution in [3.8, 4) is 0 Å². The summed E-state index contributed by atoms with van der Waals surface area (Å²) in [5.74, 6) is 0. The number of amides is 1. The van der Waals surface area contributed by atoms with Gasteiger partial charge in [-0.15, -0.1) is 0 Å². The number of nitrogens with zero attached hydrogens (tertiary/aromatic N) is 1. The molecule has 16 heavy (non-hydrogen) atoms. The van der Waals surface area contributed by atoms with E-state index in [1.165, 1.54) is 16.7 Å². The van der Waals surface area contributed by atoms with Gasteiger partial charge in [0.25, 0.3) is 0 Å². The van der Waals surface area contributed by atoms with Gasteiger partial charge in [0.1, 0.15) is 0 Å². The van der Waals surface area contributed by atoms with E-state index in [4.69, 9.17) is 0 Å². The Morgan fingerprint density at radius 3 is 2.81 bits per heavy atom. The van der Waals surface area contributed by atoms with E-state index in [0.29, 0.717) is 0 Å². The Hall–Kier alpha value is -1.31. The molecule has 2 heteroatoms. The third-order valence-electron chi connectivity index (χ3n) is 3.04. The molecule has 1 aliphatic rings. The van der Waals surface area contributed by atoms with Crippen molar-refractivity contribution in [1.29, 1.82) is 0 Å². The molecule has 0 atom stereocenters. The van der Waals surface area contributed by atoms with Crippen LogP contribution in [0.1, 0.15) is 33.1 Å². The molecule has 0 aromatic rings. The lowest BCUT2D eigenvalue weighted by Gasteiger charge is -2.12. The van der Waals surface area contributed by atoms with Crippen LogP contribution < -0.4 is 0 Å². The minimum atomic E-state index is 0.794. The summed E-state index contributed by atoms with van der Waals surface area (Å²) >= 11 is 0. The lowest BCUT2D eigenvalue weighted by atomic mass is 10.0. The second-order valence-corrected chi connectivity index (χ2v) is 4.31. The highest BCUT2D eigenvalue weighted by Crippen LogP contribution is 2.21. The lowest BCUT2D eigenvalue weighted by Crippen LogP contribution is -2.17. The van der Waals surface area contributed by atoms with Gasteiger partial charge in [0.05, 0.1) is 0 Å². The van der Waals surface area contributed by atoms with Crippen molar-refractivity contribution < 1.29 is 4.79 Å². The van der Waals surface area contributed by atoms with Crippen molar-refractivity contribution in [2.75, 3.05) is 13.6 Å². The molecule has 0 unspecified atom stereocenters. The summed E-state index contributed by atoms with van der Waals surface area (Å²) in [5.41, 5.74) is 4.19. The van der Waals surface area contributed by atoms with Crippen LogP contribution in [0.15, 0.2) is 34.9 Å². The molecule has 1 rings (SSSR count). The average Bonchev–Trinajstić information content (AvgIpc) is 2.48. The number of hydrogen-bond donors (Lipinski definition) is 0. The van der Waals surface area contributed by atoms with Gasteiger partial charge in [0.2, 0.25) is 6.41 Å². The molecular formula is C14H21NO. The molecule has 88 valence electrons. The predicted molar refractivity (Wildman–Crippen MR) is 68.1 cm³/mol. The molecular weight excluding hydrogens is 198 g/mol. The summed E-state index contributed by atoms with van der Waals surface area (Å²) < 4.78 is 0. The largest absolute Gasteiger partial charge is 0.348 e. The predicted octanol–water partition coefficient (Wildman–Crippen LogP) is 3.08. The Morgan fingerprint density at radius 1 is 1.44 bits per heavy atom. The zero-order chi connectivity index (χ0) is 12.0. The lowest BCUT2D eigenvalue weighted by molar-refractivity contribution is -0.116. The number of allylic oxidation sites excluding steroid dienone is 5. The molecule has 0 radical (unpaired) electrons. The van der Waals surface area contributed by atoms with Gasteiger partial charge in [-0.05, 0) is 31.8 Å². The summed E-state index contributed by atoms with van der Waals surface area (Å²) in [7, 11) is 1.82. The SMILES string of the molecule is CCC1=CCC(C)=C(CCN(C)C=O)C=C1. The fraction of sp³-hybridized carbons (Fsp3) is 0.500. The molecule has 2 nitrogen and oxygen atoms in total. The Morgan fingerprint density at radius 2 is 2.19 bits per heavy atom. The Labute approximate surface area is 98.3 Å².